The molecule has 0 radical (unpaired) electrons. The number of amides is 2. The van der Waals surface area contributed by atoms with E-state index in [1.807, 2.05) is 28.0 Å². The van der Waals surface area contributed by atoms with Crippen LogP contribution in [0, 0.1) is 5.82 Å². The van der Waals surface area contributed by atoms with Crippen LogP contribution in [0.1, 0.15) is 32.8 Å². The van der Waals surface area contributed by atoms with Crippen molar-refractivity contribution in [2.75, 3.05) is 37.6 Å². The zero-order chi connectivity index (χ0) is 23.9. The number of rotatable bonds is 5. The summed E-state index contributed by atoms with van der Waals surface area (Å²) in [6.07, 6.45) is 1.70. The van der Waals surface area contributed by atoms with Gasteiger partial charge in [-0.2, -0.15) is 0 Å². The van der Waals surface area contributed by atoms with Crippen LogP contribution >= 0.6 is 11.3 Å². The van der Waals surface area contributed by atoms with Gasteiger partial charge in [-0.3, -0.25) is 9.59 Å². The Labute approximate surface area is 207 Å². The number of halogens is 1. The van der Waals surface area contributed by atoms with Crippen LogP contribution in [-0.2, 0) is 6.42 Å². The molecule has 0 unspecified atom stereocenters. The van der Waals surface area contributed by atoms with E-state index in [0.717, 1.165) is 48.4 Å². The lowest BCUT2D eigenvalue weighted by molar-refractivity contribution is 0.0551. The number of likely N-dealkylation sites (tertiary alicyclic amines) is 2. The minimum atomic E-state index is -0.255. The first-order chi connectivity index (χ1) is 17.1. The van der Waals surface area contributed by atoms with Gasteiger partial charge in [-0.1, -0.05) is 6.07 Å². The number of anilines is 2. The molecule has 0 spiro atoms. The summed E-state index contributed by atoms with van der Waals surface area (Å²) in [7, 11) is 0. The monoisotopic (exact) mass is 491 g/mol. The second-order valence-corrected chi connectivity index (χ2v) is 10.1. The molecule has 9 heteroatoms. The summed E-state index contributed by atoms with van der Waals surface area (Å²) in [5.41, 5.74) is 5.97. The van der Waals surface area contributed by atoms with Crippen LogP contribution in [0.3, 0.4) is 0 Å². The normalized spacial score (nSPS) is 19.7. The standard InChI is InChI=1S/C26H26FN5O2S/c27-17-4-6-20(7-5-17)32-11-9-21-22(2-1-3-24(21)32)25(33)31-13-19(14-31)29-18-8-10-30(12-18)26(34)23-15-35-16-28-23/h1-7,15-16,18-19,29H,8-14H2/t18-/m0/s1. The van der Waals surface area contributed by atoms with Crippen molar-refractivity contribution in [2.45, 2.75) is 24.9 Å². The molecule has 0 aliphatic carbocycles. The van der Waals surface area contributed by atoms with Crippen molar-refractivity contribution in [3.05, 3.63) is 76.0 Å². The van der Waals surface area contributed by atoms with Gasteiger partial charge in [0.15, 0.2) is 0 Å². The molecule has 1 N–H and O–H groups in total. The topological polar surface area (TPSA) is 68.8 Å². The van der Waals surface area contributed by atoms with Crippen LogP contribution in [0.5, 0.6) is 0 Å². The van der Waals surface area contributed by atoms with Gasteiger partial charge in [0.1, 0.15) is 11.5 Å². The van der Waals surface area contributed by atoms with E-state index in [1.54, 1.807) is 23.0 Å². The Morgan fingerprint density at radius 2 is 1.77 bits per heavy atom. The Hall–Kier alpha value is -3.30. The Morgan fingerprint density at radius 1 is 0.971 bits per heavy atom. The molecule has 2 fully saturated rings. The van der Waals surface area contributed by atoms with Crippen LogP contribution in [0.25, 0.3) is 0 Å². The number of benzene rings is 2. The molecule has 0 bridgehead atoms. The van der Waals surface area contributed by atoms with Crippen LogP contribution < -0.4 is 10.2 Å². The van der Waals surface area contributed by atoms with Crippen molar-refractivity contribution in [3.63, 3.8) is 0 Å². The van der Waals surface area contributed by atoms with Crippen LogP contribution in [-0.4, -0.2) is 71.4 Å². The van der Waals surface area contributed by atoms with Crippen molar-refractivity contribution in [3.8, 4) is 0 Å². The molecule has 180 valence electrons. The highest BCUT2D eigenvalue weighted by molar-refractivity contribution is 7.07. The molecule has 6 rings (SSSR count). The maximum Gasteiger partial charge on any atom is 0.273 e. The third kappa shape index (κ3) is 4.19. The number of nitrogens with one attached hydrogen (secondary N) is 1. The second kappa shape index (κ2) is 9.05. The van der Waals surface area contributed by atoms with Gasteiger partial charge in [0.05, 0.1) is 5.51 Å². The van der Waals surface area contributed by atoms with E-state index in [-0.39, 0.29) is 29.7 Å². The first-order valence-corrected chi connectivity index (χ1v) is 12.9. The number of carbonyl (C=O) groups is 2. The smallest absolute Gasteiger partial charge is 0.273 e. The van der Waals surface area contributed by atoms with E-state index in [4.69, 9.17) is 0 Å². The number of aromatic nitrogens is 1. The van der Waals surface area contributed by atoms with Crippen LogP contribution in [0.15, 0.2) is 53.4 Å². The Kier molecular flexibility index (Phi) is 5.74. The average molecular weight is 492 g/mol. The molecular weight excluding hydrogens is 465 g/mol. The van der Waals surface area contributed by atoms with E-state index in [0.29, 0.717) is 25.3 Å². The number of nitrogens with zero attached hydrogens (tertiary/aromatic N) is 4. The molecule has 35 heavy (non-hydrogen) atoms. The maximum absolute atomic E-state index is 13.4. The van der Waals surface area contributed by atoms with Crippen molar-refractivity contribution in [1.82, 2.24) is 20.1 Å². The summed E-state index contributed by atoms with van der Waals surface area (Å²) < 4.78 is 13.4. The van der Waals surface area contributed by atoms with Crippen LogP contribution in [0.2, 0.25) is 0 Å². The Balaban J connectivity index is 1.06. The van der Waals surface area contributed by atoms with E-state index in [1.165, 1.54) is 23.5 Å². The van der Waals surface area contributed by atoms with Gasteiger partial charge in [0.2, 0.25) is 0 Å². The fraction of sp³-hybridized carbons (Fsp3) is 0.346. The summed E-state index contributed by atoms with van der Waals surface area (Å²) in [5, 5.41) is 5.41. The van der Waals surface area contributed by atoms with Crippen molar-refractivity contribution < 1.29 is 14.0 Å². The minimum Gasteiger partial charge on any atom is -0.341 e. The lowest BCUT2D eigenvalue weighted by atomic mass is 10.00. The van der Waals surface area contributed by atoms with Gasteiger partial charge in [0, 0.05) is 67.1 Å². The van der Waals surface area contributed by atoms with Gasteiger partial charge < -0.3 is 20.0 Å². The summed E-state index contributed by atoms with van der Waals surface area (Å²) in [6.45, 7) is 3.50. The van der Waals surface area contributed by atoms with Crippen molar-refractivity contribution >= 4 is 34.5 Å². The first kappa shape index (κ1) is 22.2. The molecule has 2 saturated heterocycles. The highest BCUT2D eigenvalue weighted by atomic mass is 32.1. The molecule has 3 aliphatic rings. The third-order valence-electron chi connectivity index (χ3n) is 7.16. The number of thiazole rings is 1. The minimum absolute atomic E-state index is 0.00595. The molecule has 7 nitrogen and oxygen atoms in total. The van der Waals surface area contributed by atoms with Crippen LogP contribution in [0.4, 0.5) is 15.8 Å². The van der Waals surface area contributed by atoms with E-state index in [2.05, 4.69) is 15.2 Å². The van der Waals surface area contributed by atoms with Gasteiger partial charge in [-0.05, 0) is 54.8 Å². The Morgan fingerprint density at radius 3 is 2.54 bits per heavy atom. The SMILES string of the molecule is O=C(c1cscn1)N1CC[C@H](NC2CN(C(=O)c3cccc4c3CCN4c3ccc(F)cc3)C2)C1. The van der Waals surface area contributed by atoms with Crippen molar-refractivity contribution in [1.29, 1.82) is 0 Å². The summed E-state index contributed by atoms with van der Waals surface area (Å²) in [5.74, 6) is -0.199. The number of carbonyl (C=O) groups excluding carboxylic acids is 2. The Bertz CT molecular complexity index is 1240. The fourth-order valence-electron chi connectivity index (χ4n) is 5.34. The van der Waals surface area contributed by atoms with Crippen molar-refractivity contribution in [2.24, 2.45) is 0 Å². The summed E-state index contributed by atoms with van der Waals surface area (Å²) in [4.78, 5) is 35.8. The maximum atomic E-state index is 13.4. The zero-order valence-electron chi connectivity index (χ0n) is 19.2. The number of fused-ring (bicyclic) bond motifs is 1. The lowest BCUT2D eigenvalue weighted by Crippen LogP contribution is -2.62. The second-order valence-electron chi connectivity index (χ2n) is 9.37. The zero-order valence-corrected chi connectivity index (χ0v) is 20.0. The molecule has 2 amide bonds. The predicted molar refractivity (Wildman–Crippen MR) is 133 cm³/mol. The molecular formula is C26H26FN5O2S. The average Bonchev–Trinajstić information content (AvgIpc) is 3.61. The molecule has 0 saturated carbocycles. The molecule has 1 atom stereocenters. The number of hydrogen-bond acceptors (Lipinski definition) is 6. The quantitative estimate of drug-likeness (QED) is 0.593. The third-order valence-corrected chi connectivity index (χ3v) is 7.75. The molecule has 2 aromatic carbocycles. The lowest BCUT2D eigenvalue weighted by Gasteiger charge is -2.41. The van der Waals surface area contributed by atoms with Gasteiger partial charge in [0.25, 0.3) is 11.8 Å². The summed E-state index contributed by atoms with van der Waals surface area (Å²) in [6, 6.07) is 12.8. The van der Waals surface area contributed by atoms with Gasteiger partial charge in [-0.25, -0.2) is 9.37 Å². The summed E-state index contributed by atoms with van der Waals surface area (Å²) >= 11 is 1.43. The highest BCUT2D eigenvalue weighted by Crippen LogP contribution is 2.37. The number of hydrogen-bond donors (Lipinski definition) is 1. The molecule has 4 heterocycles. The van der Waals surface area contributed by atoms with Gasteiger partial charge >= 0.3 is 0 Å². The van der Waals surface area contributed by atoms with Gasteiger partial charge in [-0.15, -0.1) is 11.3 Å². The fourth-order valence-corrected chi connectivity index (χ4v) is 5.86. The largest absolute Gasteiger partial charge is 0.341 e. The van der Waals surface area contributed by atoms with E-state index in [9.17, 15) is 14.0 Å². The predicted octanol–water partition coefficient (Wildman–Crippen LogP) is 3.31. The van der Waals surface area contributed by atoms with E-state index >= 15 is 0 Å². The molecule has 3 aliphatic heterocycles. The molecule has 3 aromatic rings. The first-order valence-electron chi connectivity index (χ1n) is 11.9. The molecule has 1 aromatic heterocycles. The highest BCUT2D eigenvalue weighted by Gasteiger charge is 2.37. The van der Waals surface area contributed by atoms with E-state index < -0.39 is 0 Å².